The third-order valence-corrected chi connectivity index (χ3v) is 1.37. The molecule has 0 bridgehead atoms. The predicted molar refractivity (Wildman–Crippen MR) is 24.3 cm³/mol. The second kappa shape index (κ2) is 2.74. The van der Waals surface area contributed by atoms with Gasteiger partial charge in [0.25, 0.3) is 0 Å². The first kappa shape index (κ1) is 5.52. The van der Waals surface area contributed by atoms with Crippen molar-refractivity contribution >= 4 is 33.0 Å². The van der Waals surface area contributed by atoms with Crippen molar-refractivity contribution in [1.29, 1.82) is 0 Å². The van der Waals surface area contributed by atoms with Gasteiger partial charge in [-0.1, -0.05) is 0 Å². The Labute approximate surface area is 44.2 Å². The van der Waals surface area contributed by atoms with Gasteiger partial charge in [0.2, 0.25) is 0 Å². The van der Waals surface area contributed by atoms with Gasteiger partial charge in [-0.05, 0) is 0 Å². The molecule has 0 heterocycles. The van der Waals surface area contributed by atoms with Crippen molar-refractivity contribution in [2.75, 3.05) is 5.88 Å². The van der Waals surface area contributed by atoms with Gasteiger partial charge in [-0.3, -0.25) is 0 Å². The zero-order valence-corrected chi connectivity index (χ0v) is 5.75. The average Bonchev–Trinajstić information content (AvgIpc) is 1.38. The minimum absolute atomic E-state index is 0.0826. The quantitative estimate of drug-likeness (QED) is 0.364. The van der Waals surface area contributed by atoms with E-state index in [9.17, 15) is 4.79 Å². The van der Waals surface area contributed by atoms with E-state index in [0.717, 1.165) is 16.9 Å². The van der Waals surface area contributed by atoms with Crippen molar-refractivity contribution < 1.29 is 4.79 Å². The topological polar surface area (TPSA) is 17.1 Å². The van der Waals surface area contributed by atoms with E-state index in [1.165, 1.54) is 0 Å². The molecule has 1 atom stereocenters. The number of alkyl halides is 1. The Kier molecular flexibility index (Phi) is 3.02. The monoisotopic (exact) mass is 154 g/mol. The molecule has 0 aliphatic heterocycles. The molecule has 0 saturated heterocycles. The molecule has 1 nitrogen and oxygen atoms in total. The Morgan fingerprint density at radius 1 is 2.00 bits per heavy atom. The number of carbonyl (C=O) groups excluding carboxylic acids is 1. The number of carbonyl (C=O) groups is 1. The Morgan fingerprint density at radius 2 is 2.20 bits per heavy atom. The first-order valence-electron chi connectivity index (χ1n) is 1.11. The third kappa shape index (κ3) is 4.52. The summed E-state index contributed by atoms with van der Waals surface area (Å²) in [5, 5.41) is 0. The van der Waals surface area contributed by atoms with E-state index in [1.54, 1.807) is 0 Å². The van der Waals surface area contributed by atoms with Crippen molar-refractivity contribution in [3.05, 3.63) is 0 Å². The van der Waals surface area contributed by atoms with Crippen LogP contribution < -0.4 is 0 Å². The van der Waals surface area contributed by atoms with Crippen LogP contribution in [0.4, 0.5) is 0 Å². The van der Waals surface area contributed by atoms with Crippen molar-refractivity contribution in [3.8, 4) is 0 Å². The molecule has 0 spiro atoms. The summed E-state index contributed by atoms with van der Waals surface area (Å²) in [4.78, 5) is 9.71. The molecule has 0 aromatic carbocycles. The fourth-order valence-electron chi connectivity index (χ4n) is 0. The summed E-state index contributed by atoms with van der Waals surface area (Å²) in [6.45, 7) is 0. The van der Waals surface area contributed by atoms with Crippen LogP contribution >= 0.6 is 11.6 Å². The summed E-state index contributed by atoms with van der Waals surface area (Å²) in [5.41, 5.74) is 0. The molecule has 0 amide bonds. The van der Waals surface area contributed by atoms with Crippen LogP contribution in [0, 0.1) is 0 Å². The number of hydrogen-bond donors (Lipinski definition) is 0. The average molecular weight is 154 g/mol. The van der Waals surface area contributed by atoms with Gasteiger partial charge in [0, 0.05) is 0 Å². The molecule has 0 aliphatic rings. The maximum absolute atomic E-state index is 9.71. The van der Waals surface area contributed by atoms with Crippen molar-refractivity contribution in [1.82, 2.24) is 0 Å². The molecule has 0 aromatic rings. The zero-order chi connectivity index (χ0) is 4.28. The van der Waals surface area contributed by atoms with E-state index >= 15 is 0 Å². The van der Waals surface area contributed by atoms with Crippen molar-refractivity contribution in [2.24, 2.45) is 0 Å². The van der Waals surface area contributed by atoms with Gasteiger partial charge < -0.3 is 0 Å². The molecule has 0 N–H and O–H groups in total. The first-order valence-corrected chi connectivity index (χ1v) is 2.86. The molecule has 5 heavy (non-hydrogen) atoms. The van der Waals surface area contributed by atoms with Gasteiger partial charge in [0.1, 0.15) is 0 Å². The number of halogens is 1. The van der Waals surface area contributed by atoms with Crippen LogP contribution in [0.2, 0.25) is 0 Å². The molecule has 0 aromatic heterocycles. The van der Waals surface area contributed by atoms with Crippen LogP contribution in [-0.4, -0.2) is 27.3 Å². The number of hydrogen-bond acceptors (Lipinski definition) is 1. The normalized spacial score (nSPS) is 7.60. The van der Waals surface area contributed by atoms with E-state index in [2.05, 4.69) is 0 Å². The van der Waals surface area contributed by atoms with E-state index in [4.69, 9.17) is 11.6 Å². The number of rotatable bonds is 1. The third-order valence-electron chi connectivity index (χ3n) is 0.132. The van der Waals surface area contributed by atoms with Crippen LogP contribution in [0.25, 0.3) is 0 Å². The fraction of sp³-hybridized carbons (Fsp3) is 0.500. The molecule has 0 fully saturated rings. The van der Waals surface area contributed by atoms with Gasteiger partial charge in [-0.25, -0.2) is 0 Å². The summed E-state index contributed by atoms with van der Waals surface area (Å²) in [6, 6.07) is 0. The molecular weight excluding hydrogens is 150 g/mol. The Bertz CT molecular complexity index is 44.9. The van der Waals surface area contributed by atoms with Crippen LogP contribution in [0.5, 0.6) is 0 Å². The van der Waals surface area contributed by atoms with Crippen LogP contribution in [-0.2, 0) is 4.79 Å². The van der Waals surface area contributed by atoms with Gasteiger partial charge in [-0.2, -0.15) is 0 Å². The maximum atomic E-state index is 9.71. The van der Waals surface area contributed by atoms with Crippen molar-refractivity contribution in [3.63, 3.8) is 0 Å². The van der Waals surface area contributed by atoms with E-state index in [1.807, 2.05) is 0 Å². The molecule has 0 radical (unpaired) electrons. The molecule has 0 saturated carbocycles. The molecule has 30 valence electrons. The SMILES string of the molecule is O=C([AsH2])CCl. The predicted octanol–water partition coefficient (Wildman–Crippen LogP) is -0.615. The molecule has 0 rings (SSSR count). The second-order valence-electron chi connectivity index (χ2n) is 0.600. The van der Waals surface area contributed by atoms with Crippen LogP contribution in [0.3, 0.4) is 0 Å². The summed E-state index contributed by atoms with van der Waals surface area (Å²) in [6.07, 6.45) is 0. The van der Waals surface area contributed by atoms with Gasteiger partial charge in [0.15, 0.2) is 0 Å². The van der Waals surface area contributed by atoms with Gasteiger partial charge >= 0.3 is 43.7 Å². The molecule has 0 aliphatic carbocycles. The first-order chi connectivity index (χ1) is 2.27. The summed E-state index contributed by atoms with van der Waals surface area (Å²) in [7, 11) is 0. The Morgan fingerprint density at radius 3 is 2.20 bits per heavy atom. The zero-order valence-electron chi connectivity index (χ0n) is 2.57. The Hall–Kier alpha value is 0.518. The minimum atomic E-state index is 0.0826. The van der Waals surface area contributed by atoms with Gasteiger partial charge in [0.05, 0.1) is 0 Å². The van der Waals surface area contributed by atoms with E-state index < -0.39 is 0 Å². The summed E-state index contributed by atoms with van der Waals surface area (Å²) in [5.74, 6) is 0.167. The molecular formula is C2H4AsClO. The molecule has 3 heteroatoms. The standard InChI is InChI=1S/C2H4AsClO/c3-2(5)1-4/h1,3H2. The summed E-state index contributed by atoms with van der Waals surface area (Å²) >= 11 is 6.07. The van der Waals surface area contributed by atoms with Gasteiger partial charge in [-0.15, -0.1) is 0 Å². The second-order valence-corrected chi connectivity index (χ2v) is 2.22. The molecule has 1 unspecified atom stereocenters. The van der Waals surface area contributed by atoms with E-state index in [0.29, 0.717) is 0 Å². The Balaban J connectivity index is 2.85. The fourth-order valence-corrected chi connectivity index (χ4v) is 0. The van der Waals surface area contributed by atoms with E-state index in [-0.39, 0.29) is 10.5 Å². The van der Waals surface area contributed by atoms with Crippen molar-refractivity contribution in [2.45, 2.75) is 0 Å². The van der Waals surface area contributed by atoms with Crippen LogP contribution in [0.15, 0.2) is 0 Å². The van der Waals surface area contributed by atoms with Crippen LogP contribution in [0.1, 0.15) is 0 Å². The summed E-state index contributed by atoms with van der Waals surface area (Å²) < 4.78 is 0.0826.